The number of nitrogen functional groups attached to an aromatic ring is 1. The molecule has 0 saturated heterocycles. The number of nitrogens with two attached hydrogens (primary N) is 1. The van der Waals surface area contributed by atoms with Crippen LogP contribution in [0.15, 0.2) is 59.2 Å². The first-order valence-corrected chi connectivity index (χ1v) is 12.2. The smallest absolute Gasteiger partial charge is 0.337 e. The van der Waals surface area contributed by atoms with Gasteiger partial charge in [0.2, 0.25) is 11.8 Å². The Morgan fingerprint density at radius 2 is 1.77 bits per heavy atom. The number of amidine groups is 1. The number of nitrogens with zero attached hydrogens (tertiary/aromatic N) is 1. The standard InChI is InChI=1S/C26H24BrN5O7/c1-13(31-22(33)11-23(34)32-16-5-2-14(3-6-16)25(28)29)15-4-7-21(19(27)8-15)39-17-9-18(26(37)38)20(30-12-17)10-24(35)36/h2-9,12-13H,10-11H2,1H3,(H3,28,29)(H,31,33)(H,32,34)(H,35,36)(H,37,38)/t13-/m0/s1. The summed E-state index contributed by atoms with van der Waals surface area (Å²) in [5, 5.41) is 31.1. The minimum Gasteiger partial charge on any atom is -0.481 e. The highest BCUT2D eigenvalue weighted by atomic mass is 79.9. The van der Waals surface area contributed by atoms with Gasteiger partial charge in [0.15, 0.2) is 0 Å². The summed E-state index contributed by atoms with van der Waals surface area (Å²) in [6.07, 6.45) is 0.286. The molecule has 202 valence electrons. The zero-order chi connectivity index (χ0) is 28.7. The van der Waals surface area contributed by atoms with Crippen LogP contribution in [0.4, 0.5) is 5.69 Å². The maximum atomic E-state index is 12.4. The quantitative estimate of drug-likeness (QED) is 0.108. The van der Waals surface area contributed by atoms with Gasteiger partial charge in [0.1, 0.15) is 23.8 Å². The number of rotatable bonds is 11. The van der Waals surface area contributed by atoms with E-state index in [-0.39, 0.29) is 22.8 Å². The van der Waals surface area contributed by atoms with Gasteiger partial charge in [0.05, 0.1) is 34.4 Å². The fraction of sp³-hybridized carbons (Fsp3) is 0.154. The number of carbonyl (C=O) groups is 4. The molecule has 0 aliphatic heterocycles. The van der Waals surface area contributed by atoms with Crippen molar-refractivity contribution < 1.29 is 34.1 Å². The Kier molecular flexibility index (Phi) is 9.33. The number of aliphatic carboxylic acids is 1. The third-order valence-electron chi connectivity index (χ3n) is 5.36. The van der Waals surface area contributed by atoms with E-state index in [2.05, 4.69) is 31.5 Å². The molecule has 1 heterocycles. The van der Waals surface area contributed by atoms with Gasteiger partial charge in [0.25, 0.3) is 0 Å². The summed E-state index contributed by atoms with van der Waals surface area (Å²) in [7, 11) is 0. The molecule has 12 nitrogen and oxygen atoms in total. The van der Waals surface area contributed by atoms with E-state index in [9.17, 15) is 24.3 Å². The van der Waals surface area contributed by atoms with E-state index in [4.69, 9.17) is 21.0 Å². The molecule has 0 unspecified atom stereocenters. The predicted octanol–water partition coefficient (Wildman–Crippen LogP) is 3.45. The fourth-order valence-corrected chi connectivity index (χ4v) is 3.93. The second kappa shape index (κ2) is 12.6. The Morgan fingerprint density at radius 1 is 1.08 bits per heavy atom. The lowest BCUT2D eigenvalue weighted by Gasteiger charge is -2.16. The first kappa shape index (κ1) is 28.8. The highest BCUT2D eigenvalue weighted by Crippen LogP contribution is 2.32. The van der Waals surface area contributed by atoms with Gasteiger partial charge < -0.3 is 31.3 Å². The summed E-state index contributed by atoms with van der Waals surface area (Å²) in [6, 6.07) is 12.1. The van der Waals surface area contributed by atoms with Crippen LogP contribution in [0.1, 0.15) is 46.6 Å². The number of aromatic carboxylic acids is 1. The van der Waals surface area contributed by atoms with Gasteiger partial charge >= 0.3 is 11.9 Å². The predicted molar refractivity (Wildman–Crippen MR) is 144 cm³/mol. The Labute approximate surface area is 230 Å². The lowest BCUT2D eigenvalue weighted by atomic mass is 10.1. The van der Waals surface area contributed by atoms with Crippen molar-refractivity contribution in [3.05, 3.63) is 81.6 Å². The van der Waals surface area contributed by atoms with Crippen LogP contribution in [0.2, 0.25) is 0 Å². The van der Waals surface area contributed by atoms with E-state index in [0.29, 0.717) is 27.0 Å². The highest BCUT2D eigenvalue weighted by Gasteiger charge is 2.18. The maximum absolute atomic E-state index is 12.4. The average Bonchev–Trinajstić information content (AvgIpc) is 2.85. The summed E-state index contributed by atoms with van der Waals surface area (Å²) in [5.41, 5.74) is 6.70. The van der Waals surface area contributed by atoms with E-state index in [1.54, 1.807) is 49.4 Å². The van der Waals surface area contributed by atoms with Crippen molar-refractivity contribution in [2.75, 3.05) is 5.32 Å². The number of pyridine rings is 1. The third kappa shape index (κ3) is 8.10. The van der Waals surface area contributed by atoms with Gasteiger partial charge in [-0.2, -0.15) is 0 Å². The lowest BCUT2D eigenvalue weighted by Crippen LogP contribution is -2.30. The molecule has 2 aromatic carbocycles. The molecular weight excluding hydrogens is 574 g/mol. The number of carboxylic acid groups (broad SMARTS) is 2. The number of nitrogens with one attached hydrogen (secondary N) is 3. The van der Waals surface area contributed by atoms with Crippen LogP contribution in [-0.4, -0.2) is 44.8 Å². The molecule has 1 atom stereocenters. The lowest BCUT2D eigenvalue weighted by molar-refractivity contribution is -0.136. The Hall–Kier alpha value is -4.78. The molecule has 3 aromatic rings. The van der Waals surface area contributed by atoms with Crippen LogP contribution in [0.25, 0.3) is 0 Å². The zero-order valence-corrected chi connectivity index (χ0v) is 22.1. The van der Waals surface area contributed by atoms with Crippen molar-refractivity contribution in [2.24, 2.45) is 5.73 Å². The minimum atomic E-state index is -1.33. The molecule has 0 radical (unpaired) electrons. The molecule has 0 aliphatic carbocycles. The Morgan fingerprint density at radius 3 is 2.36 bits per heavy atom. The number of hydrogen-bond donors (Lipinski definition) is 6. The fourth-order valence-electron chi connectivity index (χ4n) is 3.46. The van der Waals surface area contributed by atoms with E-state index in [1.165, 1.54) is 12.3 Å². The molecule has 39 heavy (non-hydrogen) atoms. The molecule has 0 bridgehead atoms. The second-order valence-corrected chi connectivity index (χ2v) is 9.19. The summed E-state index contributed by atoms with van der Waals surface area (Å²) in [4.78, 5) is 51.0. The zero-order valence-electron chi connectivity index (χ0n) is 20.5. The van der Waals surface area contributed by atoms with Crippen molar-refractivity contribution in [1.82, 2.24) is 10.3 Å². The van der Waals surface area contributed by atoms with Gasteiger partial charge in [-0.25, -0.2) is 4.79 Å². The van der Waals surface area contributed by atoms with Crippen LogP contribution in [-0.2, 0) is 20.8 Å². The van der Waals surface area contributed by atoms with Crippen molar-refractivity contribution in [3.63, 3.8) is 0 Å². The highest BCUT2D eigenvalue weighted by molar-refractivity contribution is 9.10. The summed E-state index contributed by atoms with van der Waals surface area (Å²) in [5.74, 6) is -3.21. The summed E-state index contributed by atoms with van der Waals surface area (Å²) >= 11 is 3.39. The normalized spacial score (nSPS) is 11.2. The maximum Gasteiger partial charge on any atom is 0.337 e. The topological polar surface area (TPSA) is 205 Å². The molecule has 2 amide bonds. The molecule has 0 saturated carbocycles. The molecule has 0 fully saturated rings. The Bertz CT molecular complexity index is 1440. The van der Waals surface area contributed by atoms with Gasteiger partial charge in [-0.1, -0.05) is 6.07 Å². The molecule has 13 heteroatoms. The molecule has 3 rings (SSSR count). The third-order valence-corrected chi connectivity index (χ3v) is 5.98. The van der Waals surface area contributed by atoms with Gasteiger partial charge in [-0.15, -0.1) is 0 Å². The number of hydrogen-bond acceptors (Lipinski definition) is 7. The van der Waals surface area contributed by atoms with E-state index >= 15 is 0 Å². The largest absolute Gasteiger partial charge is 0.481 e. The number of halogens is 1. The van der Waals surface area contributed by atoms with Crippen LogP contribution in [0.3, 0.4) is 0 Å². The Balaban J connectivity index is 1.60. The number of ether oxygens (including phenoxy) is 1. The van der Waals surface area contributed by atoms with Gasteiger partial charge in [-0.05, 0) is 70.9 Å². The second-order valence-electron chi connectivity index (χ2n) is 8.34. The van der Waals surface area contributed by atoms with Crippen molar-refractivity contribution in [1.29, 1.82) is 5.41 Å². The molecule has 1 aromatic heterocycles. The van der Waals surface area contributed by atoms with Crippen molar-refractivity contribution in [2.45, 2.75) is 25.8 Å². The molecule has 7 N–H and O–H groups in total. The first-order chi connectivity index (χ1) is 18.4. The van der Waals surface area contributed by atoms with E-state index < -0.39 is 42.6 Å². The first-order valence-electron chi connectivity index (χ1n) is 11.4. The average molecular weight is 598 g/mol. The minimum absolute atomic E-state index is 0.0940. The molecular formula is C26H24BrN5O7. The van der Waals surface area contributed by atoms with Crippen LogP contribution < -0.4 is 21.1 Å². The summed E-state index contributed by atoms with van der Waals surface area (Å²) in [6.45, 7) is 1.74. The summed E-state index contributed by atoms with van der Waals surface area (Å²) < 4.78 is 6.23. The van der Waals surface area contributed by atoms with Crippen molar-refractivity contribution in [3.8, 4) is 11.5 Å². The monoisotopic (exact) mass is 597 g/mol. The van der Waals surface area contributed by atoms with Gasteiger partial charge in [-0.3, -0.25) is 24.8 Å². The van der Waals surface area contributed by atoms with E-state index in [1.807, 2.05) is 0 Å². The van der Waals surface area contributed by atoms with Crippen molar-refractivity contribution >= 4 is 51.2 Å². The van der Waals surface area contributed by atoms with Crippen LogP contribution in [0.5, 0.6) is 11.5 Å². The molecule has 0 aliphatic rings. The number of aromatic nitrogens is 1. The van der Waals surface area contributed by atoms with E-state index in [0.717, 1.165) is 0 Å². The number of benzene rings is 2. The number of carbonyl (C=O) groups excluding carboxylic acids is 2. The number of carboxylic acids is 2. The van der Waals surface area contributed by atoms with Crippen LogP contribution in [0, 0.1) is 5.41 Å². The number of anilines is 1. The number of amides is 2. The molecule has 0 spiro atoms. The van der Waals surface area contributed by atoms with Gasteiger partial charge in [0, 0.05) is 11.3 Å². The SMILES string of the molecule is C[C@H](NC(=O)CC(=O)Nc1ccc(C(=N)N)cc1)c1ccc(Oc2cnc(CC(=O)O)c(C(=O)O)c2)c(Br)c1. The van der Waals surface area contributed by atoms with Crippen LogP contribution >= 0.6 is 15.9 Å².